The van der Waals surface area contributed by atoms with Gasteiger partial charge in [0.05, 0.1) is 0 Å². The molecule has 3 aromatic rings. The molecular formula is C48H66FN3O5S. The topological polar surface area (TPSA) is 120 Å². The first-order chi connectivity index (χ1) is 28.2. The summed E-state index contributed by atoms with van der Waals surface area (Å²) in [5, 5.41) is 29.1. The summed E-state index contributed by atoms with van der Waals surface area (Å²) in [5.41, 5.74) is 5.17. The maximum atomic E-state index is 12.5. The fourth-order valence-corrected chi connectivity index (χ4v) is 7.33. The summed E-state index contributed by atoms with van der Waals surface area (Å²) >= 11 is 4.13. The van der Waals surface area contributed by atoms with Crippen LogP contribution in [0, 0.1) is 12.8 Å². The number of allylic oxidation sites excluding steroid dienone is 2. The smallest absolute Gasteiger partial charge is 0.249 e. The fourth-order valence-electron chi connectivity index (χ4n) is 7.18. The lowest BCUT2D eigenvalue weighted by Crippen LogP contribution is -2.46. The average Bonchev–Trinajstić information content (AvgIpc) is 3.27. The predicted octanol–water partition coefficient (Wildman–Crippen LogP) is 8.32. The second-order valence-corrected chi connectivity index (χ2v) is 16.2. The first kappa shape index (κ1) is 46.7. The summed E-state index contributed by atoms with van der Waals surface area (Å²) in [6, 6.07) is 23.3. The Bertz CT molecular complexity index is 1650. The molecular weight excluding hydrogens is 750 g/mol. The van der Waals surface area contributed by atoms with Crippen LogP contribution in [0.1, 0.15) is 99.3 Å². The number of carbonyl (C=O) groups is 2. The zero-order valence-corrected chi connectivity index (χ0v) is 35.2. The van der Waals surface area contributed by atoms with Gasteiger partial charge >= 0.3 is 0 Å². The Balaban J connectivity index is 0.000000231. The van der Waals surface area contributed by atoms with Crippen molar-refractivity contribution in [1.82, 2.24) is 16.0 Å². The van der Waals surface area contributed by atoms with Crippen molar-refractivity contribution in [2.45, 2.75) is 127 Å². The van der Waals surface area contributed by atoms with Crippen molar-refractivity contribution >= 4 is 24.4 Å². The number of rotatable bonds is 16. The van der Waals surface area contributed by atoms with E-state index in [-0.39, 0.29) is 17.9 Å². The summed E-state index contributed by atoms with van der Waals surface area (Å²) < 4.78 is 18.3. The lowest BCUT2D eigenvalue weighted by Gasteiger charge is -2.26. The molecule has 1 saturated carbocycles. The molecule has 1 saturated heterocycles. The number of hydrogen-bond acceptors (Lipinski definition) is 7. The van der Waals surface area contributed by atoms with E-state index < -0.39 is 18.9 Å². The number of aliphatic hydroxyl groups excluding tert-OH is 2. The molecule has 2 fully saturated rings. The molecule has 3 aliphatic rings. The molecule has 1 heterocycles. The van der Waals surface area contributed by atoms with E-state index in [9.17, 15) is 24.2 Å². The molecule has 2 amide bonds. The normalized spacial score (nSPS) is 16.7. The maximum absolute atomic E-state index is 12.5. The molecule has 2 atom stereocenters. The monoisotopic (exact) mass is 815 g/mol. The molecule has 6 rings (SSSR count). The SMILES string of the molecule is Cc1ccc(S)cc1.O=C(NC1CCNCC1)C(O)CCC1CCCCC1.O=C(NCCc1ccc(OCC2=CCCC=C2)cc1)C(O)CCc1ccc(CF)cc1. The van der Waals surface area contributed by atoms with E-state index in [4.69, 9.17) is 4.74 Å². The van der Waals surface area contributed by atoms with Gasteiger partial charge in [-0.25, -0.2) is 4.39 Å². The third-order valence-corrected chi connectivity index (χ3v) is 11.2. The van der Waals surface area contributed by atoms with Gasteiger partial charge in [-0.15, -0.1) is 12.6 Å². The van der Waals surface area contributed by atoms with Gasteiger partial charge in [-0.1, -0.05) is 104 Å². The first-order valence-electron chi connectivity index (χ1n) is 21.3. The van der Waals surface area contributed by atoms with Gasteiger partial charge in [0.25, 0.3) is 0 Å². The quantitative estimate of drug-likeness (QED) is 0.0810. The molecule has 0 bridgehead atoms. The highest BCUT2D eigenvalue weighted by Crippen LogP contribution is 2.28. The number of aryl methyl sites for hydroxylation is 2. The van der Waals surface area contributed by atoms with Crippen LogP contribution in [0.5, 0.6) is 5.75 Å². The third kappa shape index (κ3) is 18.7. The van der Waals surface area contributed by atoms with Gasteiger partial charge in [0.15, 0.2) is 0 Å². The molecule has 2 aliphatic carbocycles. The van der Waals surface area contributed by atoms with E-state index in [0.717, 1.165) is 72.9 Å². The second kappa shape index (κ2) is 26.9. The van der Waals surface area contributed by atoms with Crippen LogP contribution in [-0.2, 0) is 29.1 Å². The molecule has 3 aromatic carbocycles. The van der Waals surface area contributed by atoms with Gasteiger partial charge in [0, 0.05) is 17.5 Å². The van der Waals surface area contributed by atoms with Crippen LogP contribution >= 0.6 is 12.6 Å². The van der Waals surface area contributed by atoms with Crippen molar-refractivity contribution in [2.75, 3.05) is 26.2 Å². The molecule has 10 heteroatoms. The van der Waals surface area contributed by atoms with Crippen molar-refractivity contribution in [1.29, 1.82) is 0 Å². The Hall–Kier alpha value is -3.96. The van der Waals surface area contributed by atoms with Crippen LogP contribution in [-0.4, -0.2) is 66.5 Å². The van der Waals surface area contributed by atoms with E-state index in [0.29, 0.717) is 44.4 Å². The first-order valence-corrected chi connectivity index (χ1v) is 21.7. The van der Waals surface area contributed by atoms with E-state index >= 15 is 0 Å². The maximum Gasteiger partial charge on any atom is 0.249 e. The average molecular weight is 816 g/mol. The molecule has 316 valence electrons. The molecule has 2 unspecified atom stereocenters. The number of benzene rings is 3. The molecule has 0 radical (unpaired) electrons. The molecule has 8 nitrogen and oxygen atoms in total. The van der Waals surface area contributed by atoms with Crippen molar-refractivity contribution < 1.29 is 28.9 Å². The van der Waals surface area contributed by atoms with Crippen LogP contribution in [0.25, 0.3) is 0 Å². The Morgan fingerprint density at radius 3 is 2.09 bits per heavy atom. The number of hydrogen-bond donors (Lipinski definition) is 6. The Morgan fingerprint density at radius 1 is 0.810 bits per heavy atom. The number of carbonyl (C=O) groups excluding carboxylic acids is 2. The van der Waals surface area contributed by atoms with Crippen LogP contribution in [0.4, 0.5) is 4.39 Å². The lowest BCUT2D eigenvalue weighted by atomic mass is 9.85. The van der Waals surface area contributed by atoms with Crippen molar-refractivity contribution in [3.05, 3.63) is 119 Å². The highest BCUT2D eigenvalue weighted by Gasteiger charge is 2.22. The third-order valence-electron chi connectivity index (χ3n) is 10.9. The van der Waals surface area contributed by atoms with Gasteiger partial charge in [0.2, 0.25) is 11.8 Å². The number of nitrogens with one attached hydrogen (secondary N) is 3. The highest BCUT2D eigenvalue weighted by molar-refractivity contribution is 7.80. The second-order valence-electron chi connectivity index (χ2n) is 15.7. The van der Waals surface area contributed by atoms with Gasteiger partial charge in [-0.3, -0.25) is 9.59 Å². The van der Waals surface area contributed by atoms with Crippen LogP contribution < -0.4 is 20.7 Å². The lowest BCUT2D eigenvalue weighted by molar-refractivity contribution is -0.131. The van der Waals surface area contributed by atoms with E-state index in [1.165, 1.54) is 43.2 Å². The highest BCUT2D eigenvalue weighted by atomic mass is 32.1. The summed E-state index contributed by atoms with van der Waals surface area (Å²) in [7, 11) is 0. The minimum atomic E-state index is -1.06. The minimum absolute atomic E-state index is 0.164. The minimum Gasteiger partial charge on any atom is -0.489 e. The van der Waals surface area contributed by atoms with Crippen molar-refractivity contribution in [2.24, 2.45) is 5.92 Å². The number of piperidine rings is 1. The van der Waals surface area contributed by atoms with E-state index in [1.807, 2.05) is 60.7 Å². The van der Waals surface area contributed by atoms with Gasteiger partial charge in [0.1, 0.15) is 31.2 Å². The van der Waals surface area contributed by atoms with Gasteiger partial charge in [-0.05, 0) is 130 Å². The zero-order chi connectivity index (χ0) is 41.4. The number of ether oxygens (including phenoxy) is 1. The summed E-state index contributed by atoms with van der Waals surface area (Å²) in [6.07, 6.45) is 18.5. The number of amides is 2. The van der Waals surface area contributed by atoms with E-state index in [2.05, 4.69) is 53.7 Å². The molecule has 5 N–H and O–H groups in total. The number of halogens is 1. The van der Waals surface area contributed by atoms with Crippen molar-refractivity contribution in [3.8, 4) is 5.75 Å². The van der Waals surface area contributed by atoms with Crippen LogP contribution in [0.15, 0.2) is 101 Å². The molecule has 0 spiro atoms. The Kier molecular flexibility index (Phi) is 21.7. The van der Waals surface area contributed by atoms with Crippen molar-refractivity contribution in [3.63, 3.8) is 0 Å². The molecule has 1 aliphatic heterocycles. The van der Waals surface area contributed by atoms with Crippen LogP contribution in [0.2, 0.25) is 0 Å². The Morgan fingerprint density at radius 2 is 1.45 bits per heavy atom. The summed E-state index contributed by atoms with van der Waals surface area (Å²) in [4.78, 5) is 25.0. The largest absolute Gasteiger partial charge is 0.489 e. The summed E-state index contributed by atoms with van der Waals surface area (Å²) in [6.45, 7) is 4.53. The Labute approximate surface area is 351 Å². The van der Waals surface area contributed by atoms with Gasteiger partial charge < -0.3 is 30.9 Å². The van der Waals surface area contributed by atoms with E-state index in [1.54, 1.807) is 12.1 Å². The molecule has 58 heavy (non-hydrogen) atoms. The van der Waals surface area contributed by atoms with Gasteiger partial charge in [-0.2, -0.15) is 0 Å². The summed E-state index contributed by atoms with van der Waals surface area (Å²) in [5.74, 6) is 1.02. The predicted molar refractivity (Wildman–Crippen MR) is 235 cm³/mol. The number of aliphatic hydroxyl groups is 2. The van der Waals surface area contributed by atoms with Crippen LogP contribution in [0.3, 0.4) is 0 Å². The zero-order valence-electron chi connectivity index (χ0n) is 34.3. The number of thiol groups is 1. The molecule has 0 aromatic heterocycles. The number of alkyl halides is 1. The standard InChI is InChI=1S/C26H30FNO3.C15H28N2O2.C7H8S/c27-18-22-8-6-20(7-9-22)12-15-25(29)26(30)28-17-16-21-10-13-24(14-11-21)31-19-23-4-2-1-3-5-23;18-14(7-6-12-4-2-1-3-5-12)15(19)17-13-8-10-16-11-9-13;1-6-2-4-7(8)5-3-6/h2,4-11,13-14,25,29H,1,3,12,15-19H2,(H,28,30);12-14,16,18H,1-11H2,(H,17,19);2-5,8H,1H3. The fraction of sp³-hybridized carbons (Fsp3) is 0.500.